The van der Waals surface area contributed by atoms with Crippen molar-refractivity contribution < 1.29 is 22.7 Å². The summed E-state index contributed by atoms with van der Waals surface area (Å²) >= 11 is 1.19. The molecular weight excluding hydrogens is 333 g/mol. The zero-order valence-corrected chi connectivity index (χ0v) is 12.4. The lowest BCUT2D eigenvalue weighted by atomic mass is 10.2. The van der Waals surface area contributed by atoms with Gasteiger partial charge in [-0.25, -0.2) is 4.52 Å². The second-order valence-electron chi connectivity index (χ2n) is 4.43. The zero-order valence-electron chi connectivity index (χ0n) is 11.6. The molecule has 1 aromatic carbocycles. The normalized spacial score (nSPS) is 11.7. The van der Waals surface area contributed by atoms with Gasteiger partial charge in [0, 0.05) is 10.9 Å². The molecule has 0 atom stereocenters. The maximum Gasteiger partial charge on any atom is 0.471 e. The molecule has 0 bridgehead atoms. The summed E-state index contributed by atoms with van der Waals surface area (Å²) in [7, 11) is 1.53. The lowest BCUT2D eigenvalue weighted by Gasteiger charge is -2.04. The fourth-order valence-electron chi connectivity index (χ4n) is 1.89. The Kier molecular flexibility index (Phi) is 3.68. The van der Waals surface area contributed by atoms with Gasteiger partial charge in [-0.05, 0) is 12.1 Å². The first kappa shape index (κ1) is 15.3. The summed E-state index contributed by atoms with van der Waals surface area (Å²) < 4.78 is 43.3. The van der Waals surface area contributed by atoms with Crippen molar-refractivity contribution in [3.05, 3.63) is 29.6 Å². The van der Waals surface area contributed by atoms with Crippen LogP contribution in [0.4, 0.5) is 19.1 Å². The lowest BCUT2D eigenvalue weighted by molar-refractivity contribution is -0.167. The van der Waals surface area contributed by atoms with Gasteiger partial charge in [-0.1, -0.05) is 12.1 Å². The number of amides is 1. The van der Waals surface area contributed by atoms with Crippen molar-refractivity contribution in [3.8, 4) is 17.0 Å². The van der Waals surface area contributed by atoms with Gasteiger partial charge in [0.15, 0.2) is 0 Å². The number of methoxy groups -OCH3 is 1. The van der Waals surface area contributed by atoms with Gasteiger partial charge in [-0.2, -0.15) is 18.2 Å². The van der Waals surface area contributed by atoms with Crippen molar-refractivity contribution in [1.82, 2.24) is 14.6 Å². The van der Waals surface area contributed by atoms with Crippen molar-refractivity contribution in [2.24, 2.45) is 0 Å². The van der Waals surface area contributed by atoms with Gasteiger partial charge in [-0.15, -0.1) is 16.4 Å². The van der Waals surface area contributed by atoms with Crippen LogP contribution in [0.3, 0.4) is 0 Å². The third-order valence-electron chi connectivity index (χ3n) is 2.93. The van der Waals surface area contributed by atoms with Gasteiger partial charge in [0.1, 0.15) is 5.75 Å². The molecule has 2 aromatic heterocycles. The van der Waals surface area contributed by atoms with Gasteiger partial charge in [0.2, 0.25) is 4.96 Å². The van der Waals surface area contributed by atoms with Gasteiger partial charge in [0.25, 0.3) is 5.95 Å². The molecule has 0 fully saturated rings. The Morgan fingerprint density at radius 2 is 2.17 bits per heavy atom. The van der Waals surface area contributed by atoms with E-state index in [1.165, 1.54) is 23.0 Å². The summed E-state index contributed by atoms with van der Waals surface area (Å²) in [6.45, 7) is 0. The quantitative estimate of drug-likeness (QED) is 0.795. The summed E-state index contributed by atoms with van der Waals surface area (Å²) in [6, 6.07) is 7.11. The number of carbonyl (C=O) groups excluding carboxylic acids is 1. The highest BCUT2D eigenvalue weighted by atomic mass is 32.1. The number of carbonyl (C=O) groups is 1. The molecule has 1 amide bonds. The first-order chi connectivity index (χ1) is 10.9. The summed E-state index contributed by atoms with van der Waals surface area (Å²) in [5, 5.41) is 7.30. The SMILES string of the molecule is COc1cccc(-c2csc3nc(NC(=O)C(F)(F)F)nn23)c1. The van der Waals surface area contributed by atoms with Crippen LogP contribution in [0.25, 0.3) is 16.2 Å². The first-order valence-corrected chi connectivity index (χ1v) is 7.13. The van der Waals surface area contributed by atoms with Crippen LogP contribution in [0.1, 0.15) is 0 Å². The topological polar surface area (TPSA) is 68.5 Å². The number of anilines is 1. The second-order valence-corrected chi connectivity index (χ2v) is 5.27. The number of aromatic nitrogens is 3. The highest BCUT2D eigenvalue weighted by Gasteiger charge is 2.39. The van der Waals surface area contributed by atoms with E-state index < -0.39 is 18.0 Å². The molecule has 0 unspecified atom stereocenters. The molecule has 0 aliphatic rings. The van der Waals surface area contributed by atoms with E-state index in [1.807, 2.05) is 0 Å². The summed E-state index contributed by atoms with van der Waals surface area (Å²) in [4.78, 5) is 15.2. The highest BCUT2D eigenvalue weighted by molar-refractivity contribution is 7.15. The summed E-state index contributed by atoms with van der Waals surface area (Å²) in [5.41, 5.74) is 1.39. The molecule has 3 rings (SSSR count). The third kappa shape index (κ3) is 2.97. The van der Waals surface area contributed by atoms with Crippen LogP contribution in [0.2, 0.25) is 0 Å². The molecule has 2 heterocycles. The van der Waals surface area contributed by atoms with Crippen LogP contribution < -0.4 is 10.1 Å². The zero-order chi connectivity index (χ0) is 16.6. The van der Waals surface area contributed by atoms with Crippen LogP contribution in [0.15, 0.2) is 29.6 Å². The summed E-state index contributed by atoms with van der Waals surface area (Å²) in [6.07, 6.45) is -4.99. The van der Waals surface area contributed by atoms with Crippen molar-refractivity contribution in [2.45, 2.75) is 6.18 Å². The molecule has 3 aromatic rings. The molecule has 0 saturated carbocycles. The molecular formula is C13H9F3N4O2S. The van der Waals surface area contributed by atoms with Crippen molar-refractivity contribution in [3.63, 3.8) is 0 Å². The molecule has 120 valence electrons. The van der Waals surface area contributed by atoms with Crippen molar-refractivity contribution >= 4 is 28.2 Å². The minimum Gasteiger partial charge on any atom is -0.497 e. The molecule has 0 saturated heterocycles. The molecule has 1 N–H and O–H groups in total. The maximum atomic E-state index is 12.3. The van der Waals surface area contributed by atoms with E-state index in [4.69, 9.17) is 4.74 Å². The molecule has 6 nitrogen and oxygen atoms in total. The smallest absolute Gasteiger partial charge is 0.471 e. The minimum absolute atomic E-state index is 0.361. The van der Waals surface area contributed by atoms with Gasteiger partial charge < -0.3 is 4.74 Å². The number of nitrogens with zero attached hydrogens (tertiary/aromatic N) is 3. The Bertz CT molecular complexity index is 872. The average molecular weight is 342 g/mol. The van der Waals surface area contributed by atoms with E-state index in [1.54, 1.807) is 35.0 Å². The van der Waals surface area contributed by atoms with E-state index in [2.05, 4.69) is 10.1 Å². The third-order valence-corrected chi connectivity index (χ3v) is 3.75. The standard InChI is InChI=1S/C13H9F3N4O2S/c1-22-8-4-2-3-7(5-8)9-6-23-12-18-11(19-20(9)12)17-10(21)13(14,15)16/h2-6H,1H3,(H,17,19,21). The van der Waals surface area contributed by atoms with Crippen LogP contribution >= 0.6 is 11.3 Å². The lowest BCUT2D eigenvalue weighted by Crippen LogP contribution is -2.30. The molecule has 0 spiro atoms. The Balaban J connectivity index is 1.96. The Hall–Kier alpha value is -2.62. The van der Waals surface area contributed by atoms with Crippen molar-refractivity contribution in [1.29, 1.82) is 0 Å². The highest BCUT2D eigenvalue weighted by Crippen LogP contribution is 2.28. The monoisotopic (exact) mass is 342 g/mol. The Morgan fingerprint density at radius 1 is 1.39 bits per heavy atom. The predicted octanol–water partition coefficient (Wildman–Crippen LogP) is 2.97. The van der Waals surface area contributed by atoms with E-state index in [0.29, 0.717) is 16.4 Å². The number of hydrogen-bond donors (Lipinski definition) is 1. The van der Waals surface area contributed by atoms with Crippen LogP contribution in [-0.4, -0.2) is 33.8 Å². The number of ether oxygens (including phenoxy) is 1. The number of fused-ring (bicyclic) bond motifs is 1. The van der Waals surface area contributed by atoms with E-state index in [-0.39, 0.29) is 0 Å². The first-order valence-electron chi connectivity index (χ1n) is 6.25. The minimum atomic E-state index is -4.99. The molecule has 0 aliphatic heterocycles. The Labute approximate surface area is 131 Å². The molecule has 23 heavy (non-hydrogen) atoms. The van der Waals surface area contributed by atoms with Crippen molar-refractivity contribution in [2.75, 3.05) is 12.4 Å². The van der Waals surface area contributed by atoms with Crippen LogP contribution in [0.5, 0.6) is 5.75 Å². The number of nitrogens with one attached hydrogen (secondary N) is 1. The molecule has 10 heteroatoms. The van der Waals surface area contributed by atoms with Gasteiger partial charge >= 0.3 is 12.1 Å². The van der Waals surface area contributed by atoms with E-state index in [9.17, 15) is 18.0 Å². The number of rotatable bonds is 3. The van der Waals surface area contributed by atoms with E-state index in [0.717, 1.165) is 5.56 Å². The Morgan fingerprint density at radius 3 is 2.87 bits per heavy atom. The van der Waals surface area contributed by atoms with Crippen LogP contribution in [-0.2, 0) is 4.79 Å². The maximum absolute atomic E-state index is 12.3. The summed E-state index contributed by atoms with van der Waals surface area (Å²) in [5.74, 6) is -1.88. The number of alkyl halides is 3. The average Bonchev–Trinajstić information content (AvgIpc) is 3.06. The largest absolute Gasteiger partial charge is 0.497 e. The predicted molar refractivity (Wildman–Crippen MR) is 77.5 cm³/mol. The molecule has 0 radical (unpaired) electrons. The molecule has 0 aliphatic carbocycles. The fourth-order valence-corrected chi connectivity index (χ4v) is 2.72. The van der Waals surface area contributed by atoms with Gasteiger partial charge in [-0.3, -0.25) is 10.1 Å². The number of halogens is 3. The number of benzene rings is 1. The van der Waals surface area contributed by atoms with E-state index >= 15 is 0 Å². The van der Waals surface area contributed by atoms with Crippen LogP contribution in [0, 0.1) is 0 Å². The second kappa shape index (κ2) is 5.54. The fraction of sp³-hybridized carbons (Fsp3) is 0.154. The number of thiazole rings is 1. The number of hydrogen-bond acceptors (Lipinski definition) is 5. The van der Waals surface area contributed by atoms with Gasteiger partial charge in [0.05, 0.1) is 12.8 Å².